The predicted octanol–water partition coefficient (Wildman–Crippen LogP) is 2.34. The minimum Gasteiger partial charge on any atom is -0.394 e. The van der Waals surface area contributed by atoms with Crippen molar-refractivity contribution in [2.24, 2.45) is 0 Å². The third kappa shape index (κ3) is 3.70. The molecule has 1 N–H and O–H groups in total. The van der Waals surface area contributed by atoms with Gasteiger partial charge in [0.1, 0.15) is 0 Å². The second kappa shape index (κ2) is 6.59. The van der Waals surface area contributed by atoms with Crippen molar-refractivity contribution in [1.29, 1.82) is 0 Å². The van der Waals surface area contributed by atoms with Gasteiger partial charge in [-0.15, -0.1) is 11.8 Å². The van der Waals surface area contributed by atoms with E-state index in [1.807, 2.05) is 24.3 Å². The minimum absolute atomic E-state index is 0.0822. The average molecular weight is 249 g/mol. The molecule has 0 unspecified atom stereocenters. The summed E-state index contributed by atoms with van der Waals surface area (Å²) in [6, 6.07) is 12.2. The van der Waals surface area contributed by atoms with E-state index in [1.165, 1.54) is 0 Å². The van der Waals surface area contributed by atoms with Gasteiger partial charge in [0.05, 0.1) is 30.4 Å². The number of ether oxygens (including phenoxy) is 1. The first-order valence-electron chi connectivity index (χ1n) is 5.57. The normalized spacial score (nSPS) is 10.9. The molecule has 1 aromatic heterocycles. The Morgan fingerprint density at radius 3 is 2.88 bits per heavy atom. The fourth-order valence-corrected chi connectivity index (χ4v) is 2.24. The summed E-state index contributed by atoms with van der Waals surface area (Å²) in [6.45, 7) is 1.13. The van der Waals surface area contributed by atoms with E-state index in [4.69, 9.17) is 9.84 Å². The number of fused-ring (bicyclic) bond motifs is 1. The van der Waals surface area contributed by atoms with Gasteiger partial charge >= 0.3 is 0 Å². The first kappa shape index (κ1) is 12.4. The first-order valence-corrected chi connectivity index (χ1v) is 6.56. The van der Waals surface area contributed by atoms with Gasteiger partial charge in [0, 0.05) is 11.1 Å². The highest BCUT2D eigenvalue weighted by atomic mass is 32.2. The van der Waals surface area contributed by atoms with Gasteiger partial charge in [-0.05, 0) is 12.1 Å². The Balaban J connectivity index is 1.90. The van der Waals surface area contributed by atoms with Crippen LogP contribution in [-0.4, -0.2) is 35.7 Å². The smallest absolute Gasteiger partial charge is 0.0968 e. The molecule has 90 valence electrons. The van der Waals surface area contributed by atoms with Crippen molar-refractivity contribution < 1.29 is 9.84 Å². The molecule has 1 aromatic carbocycles. The van der Waals surface area contributed by atoms with Crippen LogP contribution in [0.25, 0.3) is 10.9 Å². The molecule has 0 aliphatic carbocycles. The lowest BCUT2D eigenvalue weighted by Gasteiger charge is -2.03. The number of rotatable bonds is 6. The van der Waals surface area contributed by atoms with E-state index >= 15 is 0 Å². The molecule has 0 saturated carbocycles. The molecule has 0 bridgehead atoms. The Morgan fingerprint density at radius 1 is 1.12 bits per heavy atom. The molecule has 0 radical (unpaired) electrons. The summed E-state index contributed by atoms with van der Waals surface area (Å²) < 4.78 is 5.19. The van der Waals surface area contributed by atoms with Gasteiger partial charge in [-0.1, -0.05) is 24.3 Å². The summed E-state index contributed by atoms with van der Waals surface area (Å²) >= 11 is 1.67. The van der Waals surface area contributed by atoms with Gasteiger partial charge in [0.25, 0.3) is 0 Å². The van der Waals surface area contributed by atoms with Crippen molar-refractivity contribution in [2.45, 2.75) is 5.03 Å². The molecule has 2 aromatic rings. The topological polar surface area (TPSA) is 42.4 Å². The van der Waals surface area contributed by atoms with Crippen molar-refractivity contribution in [1.82, 2.24) is 4.98 Å². The summed E-state index contributed by atoms with van der Waals surface area (Å²) in [5.74, 6) is 0.853. The van der Waals surface area contributed by atoms with Crippen LogP contribution in [0.2, 0.25) is 0 Å². The molecule has 0 fully saturated rings. The predicted molar refractivity (Wildman–Crippen MR) is 70.4 cm³/mol. The van der Waals surface area contributed by atoms with Gasteiger partial charge in [-0.2, -0.15) is 0 Å². The summed E-state index contributed by atoms with van der Waals surface area (Å²) in [7, 11) is 0. The Kier molecular flexibility index (Phi) is 4.79. The van der Waals surface area contributed by atoms with Crippen molar-refractivity contribution in [3.63, 3.8) is 0 Å². The van der Waals surface area contributed by atoms with Crippen molar-refractivity contribution >= 4 is 22.7 Å². The lowest BCUT2D eigenvalue weighted by atomic mass is 10.2. The lowest BCUT2D eigenvalue weighted by Crippen LogP contribution is -2.02. The second-order valence-corrected chi connectivity index (χ2v) is 4.64. The number of thioether (sulfide) groups is 1. The van der Waals surface area contributed by atoms with E-state index < -0.39 is 0 Å². The third-order valence-corrected chi connectivity index (χ3v) is 3.18. The maximum atomic E-state index is 8.56. The fourth-order valence-electron chi connectivity index (χ4n) is 1.50. The second-order valence-electron chi connectivity index (χ2n) is 3.53. The van der Waals surface area contributed by atoms with Gasteiger partial charge in [0.15, 0.2) is 0 Å². The molecular weight excluding hydrogens is 234 g/mol. The van der Waals surface area contributed by atoms with Crippen LogP contribution in [0.3, 0.4) is 0 Å². The average Bonchev–Trinajstić information content (AvgIpc) is 2.38. The molecule has 0 amide bonds. The number of aromatic nitrogens is 1. The van der Waals surface area contributed by atoms with Gasteiger partial charge in [0.2, 0.25) is 0 Å². The Bertz CT molecular complexity index is 476. The number of benzene rings is 1. The minimum atomic E-state index is 0.0822. The van der Waals surface area contributed by atoms with Gasteiger partial charge in [-0.3, -0.25) is 0 Å². The van der Waals surface area contributed by atoms with Crippen LogP contribution in [-0.2, 0) is 4.74 Å². The molecule has 0 aliphatic heterocycles. The largest absolute Gasteiger partial charge is 0.394 e. The molecule has 1 heterocycles. The molecule has 3 nitrogen and oxygen atoms in total. The zero-order chi connectivity index (χ0) is 11.9. The maximum Gasteiger partial charge on any atom is 0.0968 e. The number of aliphatic hydroxyl groups excluding tert-OH is 1. The number of para-hydroxylation sites is 1. The van der Waals surface area contributed by atoms with E-state index in [0.717, 1.165) is 21.7 Å². The van der Waals surface area contributed by atoms with Gasteiger partial charge < -0.3 is 9.84 Å². The first-order chi connectivity index (χ1) is 8.40. The standard InChI is InChI=1S/C13H15NO2S/c15-7-8-16-9-10-17-13-6-5-11-3-1-2-4-12(11)14-13/h1-6,15H,7-10H2. The Morgan fingerprint density at radius 2 is 2.00 bits per heavy atom. The molecule has 4 heteroatoms. The van der Waals surface area contributed by atoms with Crippen LogP contribution >= 0.6 is 11.8 Å². The number of hydrogen-bond donors (Lipinski definition) is 1. The van der Waals surface area contributed by atoms with Crippen molar-refractivity contribution in [2.75, 3.05) is 25.6 Å². The summed E-state index contributed by atoms with van der Waals surface area (Å²) in [4.78, 5) is 4.55. The van der Waals surface area contributed by atoms with Crippen LogP contribution in [0.5, 0.6) is 0 Å². The van der Waals surface area contributed by atoms with Crippen LogP contribution in [0, 0.1) is 0 Å². The monoisotopic (exact) mass is 249 g/mol. The van der Waals surface area contributed by atoms with Gasteiger partial charge in [-0.25, -0.2) is 4.98 Å². The lowest BCUT2D eigenvalue weighted by molar-refractivity contribution is 0.103. The van der Waals surface area contributed by atoms with Crippen LogP contribution in [0.15, 0.2) is 41.4 Å². The van der Waals surface area contributed by atoms with E-state index in [1.54, 1.807) is 11.8 Å². The summed E-state index contributed by atoms with van der Waals surface area (Å²) in [6.07, 6.45) is 0. The number of pyridine rings is 1. The quantitative estimate of drug-likeness (QED) is 0.630. The van der Waals surface area contributed by atoms with E-state index in [0.29, 0.717) is 13.2 Å². The zero-order valence-electron chi connectivity index (χ0n) is 9.50. The van der Waals surface area contributed by atoms with Crippen molar-refractivity contribution in [3.8, 4) is 0 Å². The Labute approximate surface area is 105 Å². The van der Waals surface area contributed by atoms with E-state index in [9.17, 15) is 0 Å². The molecular formula is C13H15NO2S. The molecule has 0 saturated heterocycles. The molecule has 2 rings (SSSR count). The highest BCUT2D eigenvalue weighted by Crippen LogP contribution is 2.19. The summed E-state index contributed by atoms with van der Waals surface area (Å²) in [5, 5.41) is 10.7. The molecule has 0 atom stereocenters. The van der Waals surface area contributed by atoms with Crippen LogP contribution in [0.1, 0.15) is 0 Å². The summed E-state index contributed by atoms with van der Waals surface area (Å²) in [5.41, 5.74) is 1.02. The highest BCUT2D eigenvalue weighted by molar-refractivity contribution is 7.99. The number of hydrogen-bond acceptors (Lipinski definition) is 4. The SMILES string of the molecule is OCCOCCSc1ccc2ccccc2n1. The van der Waals surface area contributed by atoms with E-state index in [2.05, 4.69) is 17.1 Å². The number of nitrogens with zero attached hydrogens (tertiary/aromatic N) is 1. The maximum absolute atomic E-state index is 8.56. The fraction of sp³-hybridized carbons (Fsp3) is 0.308. The molecule has 0 spiro atoms. The molecule has 17 heavy (non-hydrogen) atoms. The highest BCUT2D eigenvalue weighted by Gasteiger charge is 1.98. The number of aliphatic hydroxyl groups is 1. The van der Waals surface area contributed by atoms with E-state index in [-0.39, 0.29) is 6.61 Å². The van der Waals surface area contributed by atoms with Crippen molar-refractivity contribution in [3.05, 3.63) is 36.4 Å². The van der Waals surface area contributed by atoms with Crippen LogP contribution in [0.4, 0.5) is 0 Å². The zero-order valence-corrected chi connectivity index (χ0v) is 10.3. The third-order valence-electron chi connectivity index (χ3n) is 2.29. The molecule has 0 aliphatic rings. The van der Waals surface area contributed by atoms with Crippen LogP contribution < -0.4 is 0 Å². The Hall–Kier alpha value is -1.10.